The normalized spacial score (nSPS) is 15.7. The number of nitrogens with zero attached hydrogens (tertiary/aromatic N) is 4. The van der Waals surface area contributed by atoms with E-state index in [0.717, 1.165) is 62.5 Å². The van der Waals surface area contributed by atoms with Crippen LogP contribution in [0.5, 0.6) is 0 Å². The average Bonchev–Trinajstić information content (AvgIpc) is 2.88. The van der Waals surface area contributed by atoms with Crippen LogP contribution in [0.4, 0.5) is 0 Å². The molecule has 0 aromatic carbocycles. The zero-order valence-corrected chi connectivity index (χ0v) is 18.6. The Morgan fingerprint density at radius 1 is 1.24 bits per heavy atom. The Labute approximate surface area is 171 Å². The number of piperazine rings is 1. The largest absolute Gasteiger partial charge is 0.355 e. The number of hydrogen-bond acceptors (Lipinski definition) is 5. The topological polar surface area (TPSA) is 72.9 Å². The number of aliphatic imine (C=N–C) groups is 1. The minimum absolute atomic E-state index is 0. The molecule has 0 saturated carbocycles. The fourth-order valence-electron chi connectivity index (χ4n) is 2.74. The molecule has 142 valence electrons. The Kier molecular flexibility index (Phi) is 9.65. The van der Waals surface area contributed by atoms with Crippen LogP contribution in [0.1, 0.15) is 22.5 Å². The van der Waals surface area contributed by atoms with Crippen LogP contribution in [0.15, 0.2) is 4.99 Å². The summed E-state index contributed by atoms with van der Waals surface area (Å²) in [7, 11) is 1.78. The van der Waals surface area contributed by atoms with Gasteiger partial charge in [0.25, 0.3) is 0 Å². The van der Waals surface area contributed by atoms with Crippen LogP contribution >= 0.6 is 35.3 Å². The number of hydrogen-bond donors (Lipinski definition) is 2. The Morgan fingerprint density at radius 3 is 2.44 bits per heavy atom. The first-order valence-electron chi connectivity index (χ1n) is 8.35. The second kappa shape index (κ2) is 10.9. The molecule has 1 aromatic heterocycles. The lowest BCUT2D eigenvalue weighted by molar-refractivity contribution is -0.130. The quantitative estimate of drug-likeness (QED) is 0.377. The maximum Gasteiger partial charge on any atom is 0.219 e. The first kappa shape index (κ1) is 22.1. The van der Waals surface area contributed by atoms with Gasteiger partial charge in [0.1, 0.15) is 0 Å². The van der Waals surface area contributed by atoms with E-state index in [1.54, 1.807) is 25.3 Å². The molecule has 25 heavy (non-hydrogen) atoms. The highest BCUT2D eigenvalue weighted by Gasteiger charge is 2.17. The lowest BCUT2D eigenvalue weighted by atomic mass is 10.3. The highest BCUT2D eigenvalue weighted by atomic mass is 127. The van der Waals surface area contributed by atoms with Gasteiger partial charge in [-0.2, -0.15) is 0 Å². The maximum absolute atomic E-state index is 11.3. The van der Waals surface area contributed by atoms with Gasteiger partial charge in [0, 0.05) is 58.1 Å². The van der Waals surface area contributed by atoms with E-state index in [2.05, 4.69) is 25.5 Å². The summed E-state index contributed by atoms with van der Waals surface area (Å²) in [6, 6.07) is 0. The Hall–Kier alpha value is -0.940. The van der Waals surface area contributed by atoms with Gasteiger partial charge in [-0.15, -0.1) is 35.3 Å². The predicted molar refractivity (Wildman–Crippen MR) is 114 cm³/mol. The SMILES string of the molecule is CN=C(NCCN1CCN(C(C)=O)CC1)NCc1sc(C)nc1C.I. The maximum atomic E-state index is 11.3. The van der Waals surface area contributed by atoms with Gasteiger partial charge in [0.15, 0.2) is 5.96 Å². The van der Waals surface area contributed by atoms with E-state index in [4.69, 9.17) is 0 Å². The van der Waals surface area contributed by atoms with E-state index in [1.165, 1.54) is 4.88 Å². The minimum Gasteiger partial charge on any atom is -0.355 e. The summed E-state index contributed by atoms with van der Waals surface area (Å²) in [6.45, 7) is 11.8. The van der Waals surface area contributed by atoms with Gasteiger partial charge >= 0.3 is 0 Å². The average molecular weight is 480 g/mol. The number of guanidine groups is 1. The molecule has 1 fully saturated rings. The number of thiazole rings is 1. The van der Waals surface area contributed by atoms with Crippen LogP contribution in [0.2, 0.25) is 0 Å². The molecular formula is C16H29IN6OS. The molecule has 1 aliphatic rings. The van der Waals surface area contributed by atoms with Crippen molar-refractivity contribution in [3.05, 3.63) is 15.6 Å². The smallest absolute Gasteiger partial charge is 0.219 e. The van der Waals surface area contributed by atoms with Gasteiger partial charge in [-0.25, -0.2) is 4.98 Å². The molecule has 1 saturated heterocycles. The number of carbonyl (C=O) groups is 1. The standard InChI is InChI=1S/C16H28N6OS.HI/c1-12-15(24-13(2)20-12)11-19-16(17-4)18-5-6-21-7-9-22(10-8-21)14(3)23;/h5-11H2,1-4H3,(H2,17,18,19);1H. The Balaban J connectivity index is 0.00000312. The number of aromatic nitrogens is 1. The third-order valence-electron chi connectivity index (χ3n) is 4.18. The third-order valence-corrected chi connectivity index (χ3v) is 5.25. The van der Waals surface area contributed by atoms with Crippen LogP contribution in [-0.2, 0) is 11.3 Å². The molecule has 2 rings (SSSR count). The lowest BCUT2D eigenvalue weighted by Gasteiger charge is -2.34. The molecule has 0 unspecified atom stereocenters. The second-order valence-electron chi connectivity index (χ2n) is 5.94. The number of halogens is 1. The van der Waals surface area contributed by atoms with E-state index in [0.29, 0.717) is 0 Å². The van der Waals surface area contributed by atoms with Crippen LogP contribution in [0.3, 0.4) is 0 Å². The molecule has 1 amide bonds. The summed E-state index contributed by atoms with van der Waals surface area (Å²) in [5.41, 5.74) is 1.09. The van der Waals surface area contributed by atoms with Crippen LogP contribution in [0, 0.1) is 13.8 Å². The molecule has 2 N–H and O–H groups in total. The van der Waals surface area contributed by atoms with Crippen LogP contribution in [0.25, 0.3) is 0 Å². The van der Waals surface area contributed by atoms with Gasteiger partial charge in [-0.1, -0.05) is 0 Å². The van der Waals surface area contributed by atoms with Crippen molar-refractivity contribution < 1.29 is 4.79 Å². The summed E-state index contributed by atoms with van der Waals surface area (Å²) < 4.78 is 0. The van der Waals surface area contributed by atoms with Crippen molar-refractivity contribution in [3.63, 3.8) is 0 Å². The van der Waals surface area contributed by atoms with Gasteiger partial charge < -0.3 is 15.5 Å². The van der Waals surface area contributed by atoms with E-state index < -0.39 is 0 Å². The summed E-state index contributed by atoms with van der Waals surface area (Å²) in [4.78, 5) is 25.6. The van der Waals surface area contributed by atoms with Crippen molar-refractivity contribution in [2.75, 3.05) is 46.3 Å². The minimum atomic E-state index is 0. The highest BCUT2D eigenvalue weighted by Crippen LogP contribution is 2.16. The number of rotatable bonds is 5. The fourth-order valence-corrected chi connectivity index (χ4v) is 3.62. The fraction of sp³-hybridized carbons (Fsp3) is 0.688. The third kappa shape index (κ3) is 7.06. The molecule has 0 radical (unpaired) electrons. The first-order valence-corrected chi connectivity index (χ1v) is 9.16. The number of amides is 1. The molecule has 0 bridgehead atoms. The van der Waals surface area contributed by atoms with Crippen molar-refractivity contribution >= 4 is 47.2 Å². The van der Waals surface area contributed by atoms with Crippen molar-refractivity contribution in [1.29, 1.82) is 0 Å². The van der Waals surface area contributed by atoms with Gasteiger partial charge in [0.05, 0.1) is 17.2 Å². The molecule has 2 heterocycles. The lowest BCUT2D eigenvalue weighted by Crippen LogP contribution is -2.50. The number of carbonyl (C=O) groups excluding carboxylic acids is 1. The van der Waals surface area contributed by atoms with Crippen molar-refractivity contribution in [3.8, 4) is 0 Å². The predicted octanol–water partition coefficient (Wildman–Crippen LogP) is 1.21. The molecule has 0 spiro atoms. The Morgan fingerprint density at radius 2 is 1.92 bits per heavy atom. The van der Waals surface area contributed by atoms with Crippen molar-refractivity contribution in [2.24, 2.45) is 4.99 Å². The number of aryl methyl sites for hydroxylation is 2. The zero-order valence-electron chi connectivity index (χ0n) is 15.5. The van der Waals surface area contributed by atoms with Crippen molar-refractivity contribution in [1.82, 2.24) is 25.4 Å². The summed E-state index contributed by atoms with van der Waals surface area (Å²) >= 11 is 1.72. The monoisotopic (exact) mass is 480 g/mol. The molecule has 9 heteroatoms. The molecular weight excluding hydrogens is 451 g/mol. The molecule has 1 aliphatic heterocycles. The van der Waals surface area contributed by atoms with E-state index in [1.807, 2.05) is 18.7 Å². The van der Waals surface area contributed by atoms with E-state index in [-0.39, 0.29) is 29.9 Å². The van der Waals surface area contributed by atoms with E-state index in [9.17, 15) is 4.79 Å². The molecule has 7 nitrogen and oxygen atoms in total. The zero-order chi connectivity index (χ0) is 17.5. The summed E-state index contributed by atoms with van der Waals surface area (Å²) in [5, 5.41) is 7.78. The van der Waals surface area contributed by atoms with Crippen LogP contribution in [-0.4, -0.2) is 73.0 Å². The molecule has 0 aliphatic carbocycles. The molecule has 1 aromatic rings. The van der Waals surface area contributed by atoms with Crippen molar-refractivity contribution in [2.45, 2.75) is 27.3 Å². The number of nitrogens with one attached hydrogen (secondary N) is 2. The highest BCUT2D eigenvalue weighted by molar-refractivity contribution is 14.0. The van der Waals surface area contributed by atoms with Gasteiger partial charge in [-0.05, 0) is 13.8 Å². The van der Waals surface area contributed by atoms with Gasteiger partial charge in [0.2, 0.25) is 5.91 Å². The summed E-state index contributed by atoms with van der Waals surface area (Å²) in [5.74, 6) is 0.980. The van der Waals surface area contributed by atoms with E-state index >= 15 is 0 Å². The second-order valence-corrected chi connectivity index (χ2v) is 7.23. The van der Waals surface area contributed by atoms with Gasteiger partial charge in [-0.3, -0.25) is 14.7 Å². The molecule has 0 atom stereocenters. The van der Waals surface area contributed by atoms with Crippen LogP contribution < -0.4 is 10.6 Å². The first-order chi connectivity index (χ1) is 11.5. The Bertz CT molecular complexity index is 583. The summed E-state index contributed by atoms with van der Waals surface area (Å²) in [6.07, 6.45) is 0.